The van der Waals surface area contributed by atoms with Crippen LogP contribution in [0.4, 0.5) is 0 Å². The van der Waals surface area contributed by atoms with Gasteiger partial charge in [0.2, 0.25) is 0 Å². The van der Waals surface area contributed by atoms with Crippen LogP contribution in [0.1, 0.15) is 34.1 Å². The average molecular weight is 256 g/mol. The highest BCUT2D eigenvalue weighted by Crippen LogP contribution is 2.33. The van der Waals surface area contributed by atoms with Crippen LogP contribution in [0.3, 0.4) is 0 Å². The molecule has 0 amide bonds. The molecule has 5 atom stereocenters. The van der Waals surface area contributed by atoms with E-state index < -0.39 is 5.79 Å². The molecule has 0 aromatic heterocycles. The van der Waals surface area contributed by atoms with Crippen molar-refractivity contribution in [1.29, 1.82) is 0 Å². The number of aliphatic hydroxyl groups is 1. The van der Waals surface area contributed by atoms with Gasteiger partial charge in [-0.25, -0.2) is 0 Å². The van der Waals surface area contributed by atoms with Crippen LogP contribution in [-0.4, -0.2) is 41.9 Å². The highest BCUT2D eigenvalue weighted by Gasteiger charge is 2.43. The van der Waals surface area contributed by atoms with Gasteiger partial charge in [-0.1, -0.05) is 19.1 Å². The number of ether oxygens (including phenoxy) is 3. The van der Waals surface area contributed by atoms with Crippen molar-refractivity contribution in [2.45, 2.75) is 64.3 Å². The molecule has 1 N–H and O–H groups in total. The highest BCUT2D eigenvalue weighted by atomic mass is 16.7. The first-order valence-electron chi connectivity index (χ1n) is 6.71. The van der Waals surface area contributed by atoms with Crippen molar-refractivity contribution in [3.8, 4) is 0 Å². The first kappa shape index (κ1) is 14.0. The van der Waals surface area contributed by atoms with Crippen molar-refractivity contribution in [3.63, 3.8) is 0 Å². The lowest BCUT2D eigenvalue weighted by Gasteiger charge is -2.39. The monoisotopic (exact) mass is 256 g/mol. The molecule has 0 unspecified atom stereocenters. The van der Waals surface area contributed by atoms with Crippen molar-refractivity contribution < 1.29 is 19.3 Å². The van der Waals surface area contributed by atoms with E-state index in [9.17, 15) is 5.11 Å². The SMILES string of the molecule is C/C=C/[C@H]1O[C@@H]([C@H]2COC(C)(C)O2)C[C@H](O)[C@H]1C. The molecule has 4 nitrogen and oxygen atoms in total. The Kier molecular flexibility index (Phi) is 4.11. The third-order valence-electron chi connectivity index (χ3n) is 3.76. The summed E-state index contributed by atoms with van der Waals surface area (Å²) in [5, 5.41) is 10.1. The Bertz CT molecular complexity index is 313. The number of aliphatic hydroxyl groups excluding tert-OH is 1. The van der Waals surface area contributed by atoms with Gasteiger partial charge in [0, 0.05) is 12.3 Å². The van der Waals surface area contributed by atoms with E-state index >= 15 is 0 Å². The third-order valence-corrected chi connectivity index (χ3v) is 3.76. The first-order chi connectivity index (χ1) is 8.43. The second kappa shape index (κ2) is 5.29. The molecule has 0 aromatic carbocycles. The van der Waals surface area contributed by atoms with Crippen LogP contribution in [0.2, 0.25) is 0 Å². The molecule has 0 spiro atoms. The summed E-state index contributed by atoms with van der Waals surface area (Å²) in [6.45, 7) is 8.31. The van der Waals surface area contributed by atoms with Crippen molar-refractivity contribution in [3.05, 3.63) is 12.2 Å². The van der Waals surface area contributed by atoms with E-state index in [1.807, 2.05) is 39.8 Å². The average Bonchev–Trinajstić information content (AvgIpc) is 2.65. The molecule has 104 valence electrons. The molecule has 0 radical (unpaired) electrons. The van der Waals surface area contributed by atoms with Gasteiger partial charge in [-0.3, -0.25) is 0 Å². The van der Waals surface area contributed by atoms with Crippen LogP contribution >= 0.6 is 0 Å². The summed E-state index contributed by atoms with van der Waals surface area (Å²) in [6.07, 6.45) is 3.99. The molecule has 0 saturated carbocycles. The molecule has 0 bridgehead atoms. The maximum Gasteiger partial charge on any atom is 0.163 e. The van der Waals surface area contributed by atoms with E-state index in [2.05, 4.69) is 0 Å². The van der Waals surface area contributed by atoms with Crippen LogP contribution in [0.5, 0.6) is 0 Å². The minimum Gasteiger partial charge on any atom is -0.393 e. The van der Waals surface area contributed by atoms with Gasteiger partial charge in [0.05, 0.1) is 24.9 Å². The zero-order chi connectivity index (χ0) is 13.3. The number of rotatable bonds is 2. The zero-order valence-electron chi connectivity index (χ0n) is 11.6. The van der Waals surface area contributed by atoms with Crippen molar-refractivity contribution in [2.24, 2.45) is 5.92 Å². The van der Waals surface area contributed by atoms with Gasteiger partial charge in [-0.05, 0) is 20.8 Å². The molecule has 0 aromatic rings. The van der Waals surface area contributed by atoms with E-state index in [0.29, 0.717) is 13.0 Å². The minimum atomic E-state index is -0.544. The Hall–Kier alpha value is -0.420. The van der Waals surface area contributed by atoms with Crippen LogP contribution in [0.15, 0.2) is 12.2 Å². The van der Waals surface area contributed by atoms with E-state index in [1.165, 1.54) is 0 Å². The smallest absolute Gasteiger partial charge is 0.163 e. The fourth-order valence-corrected chi connectivity index (χ4v) is 2.60. The first-order valence-corrected chi connectivity index (χ1v) is 6.71. The Morgan fingerprint density at radius 2 is 2.00 bits per heavy atom. The van der Waals surface area contributed by atoms with E-state index in [-0.39, 0.29) is 30.3 Å². The Morgan fingerprint density at radius 3 is 2.56 bits per heavy atom. The van der Waals surface area contributed by atoms with Gasteiger partial charge >= 0.3 is 0 Å². The Labute approximate surface area is 109 Å². The summed E-state index contributed by atoms with van der Waals surface area (Å²) in [4.78, 5) is 0. The molecule has 2 aliphatic rings. The fourth-order valence-electron chi connectivity index (χ4n) is 2.60. The lowest BCUT2D eigenvalue weighted by atomic mass is 9.88. The van der Waals surface area contributed by atoms with Crippen LogP contribution in [0.25, 0.3) is 0 Å². The maximum absolute atomic E-state index is 10.1. The maximum atomic E-state index is 10.1. The second-order valence-electron chi connectivity index (χ2n) is 5.69. The number of hydrogen-bond donors (Lipinski definition) is 1. The predicted molar refractivity (Wildman–Crippen MR) is 68.2 cm³/mol. The molecule has 2 fully saturated rings. The molecular weight excluding hydrogens is 232 g/mol. The van der Waals surface area contributed by atoms with E-state index in [4.69, 9.17) is 14.2 Å². The third kappa shape index (κ3) is 2.94. The van der Waals surface area contributed by atoms with Gasteiger partial charge in [0.25, 0.3) is 0 Å². The fraction of sp³-hybridized carbons (Fsp3) is 0.857. The highest BCUT2D eigenvalue weighted by molar-refractivity contribution is 4.98. The minimum absolute atomic E-state index is 0.0453. The summed E-state index contributed by atoms with van der Waals surface area (Å²) >= 11 is 0. The normalized spacial score (nSPS) is 44.6. The molecule has 2 aliphatic heterocycles. The van der Waals surface area contributed by atoms with Gasteiger partial charge in [0.1, 0.15) is 6.10 Å². The summed E-state index contributed by atoms with van der Waals surface area (Å²) in [6, 6.07) is 0. The second-order valence-corrected chi connectivity index (χ2v) is 5.69. The molecule has 2 saturated heterocycles. The topological polar surface area (TPSA) is 47.9 Å². The van der Waals surface area contributed by atoms with Gasteiger partial charge in [-0.15, -0.1) is 0 Å². The lowest BCUT2D eigenvalue weighted by molar-refractivity contribution is -0.184. The summed E-state index contributed by atoms with van der Waals surface area (Å²) in [5.74, 6) is -0.425. The van der Waals surface area contributed by atoms with Gasteiger partial charge < -0.3 is 19.3 Å². The quantitative estimate of drug-likeness (QED) is 0.766. The van der Waals surface area contributed by atoms with E-state index in [0.717, 1.165) is 0 Å². The van der Waals surface area contributed by atoms with Crippen LogP contribution < -0.4 is 0 Å². The molecular formula is C14H24O4. The molecule has 0 aliphatic carbocycles. The molecule has 2 rings (SSSR count). The number of hydrogen-bond acceptors (Lipinski definition) is 4. The summed E-state index contributed by atoms with van der Waals surface area (Å²) in [7, 11) is 0. The zero-order valence-corrected chi connectivity index (χ0v) is 11.6. The van der Waals surface area contributed by atoms with Crippen molar-refractivity contribution in [1.82, 2.24) is 0 Å². The summed E-state index contributed by atoms with van der Waals surface area (Å²) in [5.41, 5.74) is 0. The van der Waals surface area contributed by atoms with Crippen molar-refractivity contribution in [2.75, 3.05) is 6.61 Å². The predicted octanol–water partition coefficient (Wildman–Crippen LogP) is 1.87. The standard InChI is InChI=1S/C14H24O4/c1-5-6-11-9(2)10(15)7-12(17-11)13-8-16-14(3,4)18-13/h5-6,9-13,15H,7-8H2,1-4H3/b6-5+/t9-,10+,11-,12-,13-/m1/s1. The van der Waals surface area contributed by atoms with Crippen molar-refractivity contribution >= 4 is 0 Å². The largest absolute Gasteiger partial charge is 0.393 e. The Balaban J connectivity index is 2.02. The summed E-state index contributed by atoms with van der Waals surface area (Å²) < 4.78 is 17.4. The number of allylic oxidation sites excluding steroid dienone is 1. The van der Waals surface area contributed by atoms with Crippen LogP contribution in [-0.2, 0) is 14.2 Å². The molecule has 4 heteroatoms. The molecule has 2 heterocycles. The van der Waals surface area contributed by atoms with E-state index in [1.54, 1.807) is 0 Å². The Morgan fingerprint density at radius 1 is 1.28 bits per heavy atom. The van der Waals surface area contributed by atoms with Gasteiger partial charge in [0.15, 0.2) is 5.79 Å². The lowest BCUT2D eigenvalue weighted by Crippen LogP contribution is -2.47. The molecule has 18 heavy (non-hydrogen) atoms. The van der Waals surface area contributed by atoms with Gasteiger partial charge in [-0.2, -0.15) is 0 Å². The van der Waals surface area contributed by atoms with Crippen LogP contribution in [0, 0.1) is 5.92 Å².